The summed E-state index contributed by atoms with van der Waals surface area (Å²) in [7, 11) is 0. The maximum absolute atomic E-state index is 13.2. The molecule has 1 aliphatic rings. The molecule has 1 aromatic heterocycles. The quantitative estimate of drug-likeness (QED) is 0.793. The van der Waals surface area contributed by atoms with E-state index in [0.29, 0.717) is 6.10 Å². The smallest absolute Gasteiger partial charge is 0.125 e. The molecule has 1 saturated heterocycles. The molecule has 0 bridgehead atoms. The van der Waals surface area contributed by atoms with Crippen LogP contribution in [0.5, 0.6) is 0 Å². The molecule has 1 aromatic carbocycles. The molecule has 2 heterocycles. The van der Waals surface area contributed by atoms with Crippen LogP contribution >= 0.6 is 0 Å². The lowest BCUT2D eigenvalue weighted by atomic mass is 10.2. The third-order valence-corrected chi connectivity index (χ3v) is 3.45. The van der Waals surface area contributed by atoms with Gasteiger partial charge in [0.1, 0.15) is 5.82 Å². The lowest BCUT2D eigenvalue weighted by Crippen LogP contribution is -2.09. The minimum atomic E-state index is -0.172. The fourth-order valence-electron chi connectivity index (χ4n) is 2.51. The topological polar surface area (TPSA) is 14.2 Å². The Morgan fingerprint density at radius 1 is 1.35 bits per heavy atom. The third kappa shape index (κ3) is 2.20. The minimum Gasteiger partial charge on any atom is -0.378 e. The number of nitrogens with zero attached hydrogens (tertiary/aromatic N) is 1. The molecule has 2 nitrogen and oxygen atoms in total. The number of fused-ring (bicyclic) bond motifs is 1. The summed E-state index contributed by atoms with van der Waals surface area (Å²) >= 11 is 0. The Kier molecular flexibility index (Phi) is 2.85. The number of benzene rings is 1. The summed E-state index contributed by atoms with van der Waals surface area (Å²) < 4.78 is 20.9. The molecule has 0 aliphatic carbocycles. The molecule has 1 aliphatic heterocycles. The lowest BCUT2D eigenvalue weighted by Gasteiger charge is -2.10. The fraction of sp³-hybridized carbons (Fsp3) is 0.429. The van der Waals surface area contributed by atoms with Gasteiger partial charge in [-0.1, -0.05) is 0 Å². The Hall–Kier alpha value is -1.35. The van der Waals surface area contributed by atoms with Crippen molar-refractivity contribution in [2.75, 3.05) is 6.61 Å². The second kappa shape index (κ2) is 4.49. The van der Waals surface area contributed by atoms with Gasteiger partial charge in [0.25, 0.3) is 0 Å². The second-order valence-electron chi connectivity index (χ2n) is 4.64. The molecule has 0 N–H and O–H groups in total. The average molecular weight is 233 g/mol. The first-order valence-corrected chi connectivity index (χ1v) is 6.19. The monoisotopic (exact) mass is 233 g/mol. The Morgan fingerprint density at radius 2 is 2.29 bits per heavy atom. The molecule has 0 radical (unpaired) electrons. The molecule has 1 unspecified atom stereocenters. The Morgan fingerprint density at radius 3 is 3.12 bits per heavy atom. The number of ether oxygens (including phenoxy) is 1. The fourth-order valence-corrected chi connectivity index (χ4v) is 2.51. The summed E-state index contributed by atoms with van der Waals surface area (Å²) in [6, 6.07) is 6.97. The van der Waals surface area contributed by atoms with Crippen molar-refractivity contribution in [3.05, 3.63) is 36.3 Å². The predicted molar refractivity (Wildman–Crippen MR) is 65.5 cm³/mol. The molecular formula is C14H16FNO. The lowest BCUT2D eigenvalue weighted by molar-refractivity contribution is 0.101. The van der Waals surface area contributed by atoms with Crippen molar-refractivity contribution in [3.8, 4) is 0 Å². The van der Waals surface area contributed by atoms with E-state index in [1.54, 1.807) is 6.07 Å². The van der Waals surface area contributed by atoms with Crippen molar-refractivity contribution in [3.63, 3.8) is 0 Å². The molecule has 3 heteroatoms. The van der Waals surface area contributed by atoms with E-state index in [2.05, 4.69) is 4.57 Å². The van der Waals surface area contributed by atoms with Crippen molar-refractivity contribution in [2.45, 2.75) is 31.9 Å². The second-order valence-corrected chi connectivity index (χ2v) is 4.64. The van der Waals surface area contributed by atoms with E-state index in [-0.39, 0.29) is 5.82 Å². The van der Waals surface area contributed by atoms with Crippen LogP contribution in [-0.2, 0) is 11.3 Å². The molecule has 0 amide bonds. The summed E-state index contributed by atoms with van der Waals surface area (Å²) in [6.45, 7) is 1.79. The van der Waals surface area contributed by atoms with Gasteiger partial charge in [-0.25, -0.2) is 4.39 Å². The van der Waals surface area contributed by atoms with Gasteiger partial charge in [-0.3, -0.25) is 0 Å². The van der Waals surface area contributed by atoms with E-state index in [1.165, 1.54) is 12.5 Å². The molecule has 2 aromatic rings. The van der Waals surface area contributed by atoms with Crippen LogP contribution in [0, 0.1) is 5.82 Å². The van der Waals surface area contributed by atoms with Crippen LogP contribution in [0.1, 0.15) is 19.3 Å². The van der Waals surface area contributed by atoms with E-state index < -0.39 is 0 Å². The van der Waals surface area contributed by atoms with Crippen LogP contribution in [-0.4, -0.2) is 17.3 Å². The Balaban J connectivity index is 1.77. The number of halogens is 1. The average Bonchev–Trinajstić information content (AvgIpc) is 2.94. The van der Waals surface area contributed by atoms with Gasteiger partial charge in [0.15, 0.2) is 0 Å². The molecule has 1 atom stereocenters. The SMILES string of the molecule is Fc1ccc2ccn(CCC3CCCO3)c2c1. The number of rotatable bonds is 3. The highest BCUT2D eigenvalue weighted by atomic mass is 19.1. The molecular weight excluding hydrogens is 217 g/mol. The minimum absolute atomic E-state index is 0.172. The van der Waals surface area contributed by atoms with Crippen LogP contribution in [0.3, 0.4) is 0 Å². The van der Waals surface area contributed by atoms with Gasteiger partial charge < -0.3 is 9.30 Å². The van der Waals surface area contributed by atoms with Gasteiger partial charge in [0.2, 0.25) is 0 Å². The number of aryl methyl sites for hydroxylation is 1. The first kappa shape index (κ1) is 10.8. The van der Waals surface area contributed by atoms with Crippen molar-refractivity contribution in [2.24, 2.45) is 0 Å². The zero-order chi connectivity index (χ0) is 11.7. The zero-order valence-corrected chi connectivity index (χ0v) is 9.73. The maximum atomic E-state index is 13.2. The predicted octanol–water partition coefficient (Wildman–Crippen LogP) is 3.35. The zero-order valence-electron chi connectivity index (χ0n) is 9.73. The molecule has 17 heavy (non-hydrogen) atoms. The largest absolute Gasteiger partial charge is 0.378 e. The highest BCUT2D eigenvalue weighted by Gasteiger charge is 2.15. The van der Waals surface area contributed by atoms with Crippen molar-refractivity contribution < 1.29 is 9.13 Å². The molecule has 1 fully saturated rings. The van der Waals surface area contributed by atoms with Crippen LogP contribution < -0.4 is 0 Å². The van der Waals surface area contributed by atoms with E-state index >= 15 is 0 Å². The summed E-state index contributed by atoms with van der Waals surface area (Å²) in [4.78, 5) is 0. The van der Waals surface area contributed by atoms with Crippen LogP contribution in [0.2, 0.25) is 0 Å². The van der Waals surface area contributed by atoms with Crippen molar-refractivity contribution in [1.82, 2.24) is 4.57 Å². The standard InChI is InChI=1S/C14H16FNO/c15-12-4-3-11-5-7-16(14(11)10-12)8-6-13-2-1-9-17-13/h3-5,7,10,13H,1-2,6,8-9H2. The van der Waals surface area contributed by atoms with E-state index in [9.17, 15) is 4.39 Å². The maximum Gasteiger partial charge on any atom is 0.125 e. The summed E-state index contributed by atoms with van der Waals surface area (Å²) in [5, 5.41) is 1.10. The molecule has 90 valence electrons. The highest BCUT2D eigenvalue weighted by Crippen LogP contribution is 2.20. The van der Waals surface area contributed by atoms with Gasteiger partial charge in [-0.15, -0.1) is 0 Å². The Bertz CT molecular complexity index is 514. The summed E-state index contributed by atoms with van der Waals surface area (Å²) in [5.41, 5.74) is 0.975. The van der Waals surface area contributed by atoms with E-state index in [1.807, 2.05) is 18.3 Å². The third-order valence-electron chi connectivity index (χ3n) is 3.45. The van der Waals surface area contributed by atoms with E-state index in [4.69, 9.17) is 4.74 Å². The molecule has 0 saturated carbocycles. The van der Waals surface area contributed by atoms with Crippen LogP contribution in [0.4, 0.5) is 4.39 Å². The first-order chi connectivity index (χ1) is 8.33. The van der Waals surface area contributed by atoms with Gasteiger partial charge in [0.05, 0.1) is 11.6 Å². The van der Waals surface area contributed by atoms with Gasteiger partial charge in [0, 0.05) is 19.3 Å². The number of hydrogen-bond donors (Lipinski definition) is 0. The first-order valence-electron chi connectivity index (χ1n) is 6.19. The normalized spacial score (nSPS) is 20.2. The highest BCUT2D eigenvalue weighted by molar-refractivity contribution is 5.80. The molecule has 0 spiro atoms. The van der Waals surface area contributed by atoms with E-state index in [0.717, 1.165) is 36.9 Å². The van der Waals surface area contributed by atoms with Crippen molar-refractivity contribution in [1.29, 1.82) is 0 Å². The number of hydrogen-bond acceptors (Lipinski definition) is 1. The summed E-state index contributed by atoms with van der Waals surface area (Å²) in [5.74, 6) is -0.172. The van der Waals surface area contributed by atoms with Crippen LogP contribution in [0.15, 0.2) is 30.5 Å². The van der Waals surface area contributed by atoms with Gasteiger partial charge in [-0.2, -0.15) is 0 Å². The van der Waals surface area contributed by atoms with Crippen molar-refractivity contribution >= 4 is 10.9 Å². The summed E-state index contributed by atoms with van der Waals surface area (Å²) in [6.07, 6.45) is 5.76. The van der Waals surface area contributed by atoms with Gasteiger partial charge >= 0.3 is 0 Å². The Labute approximate surface area is 100.0 Å². The molecule has 3 rings (SSSR count). The number of aromatic nitrogens is 1. The van der Waals surface area contributed by atoms with Gasteiger partial charge in [-0.05, 0) is 48.9 Å². The van der Waals surface area contributed by atoms with Crippen LogP contribution in [0.25, 0.3) is 10.9 Å².